The van der Waals surface area contributed by atoms with Gasteiger partial charge in [-0.25, -0.2) is 0 Å². The molecule has 0 radical (unpaired) electrons. The number of allylic oxidation sites excluding steroid dienone is 2. The Morgan fingerprint density at radius 2 is 1.29 bits per heavy atom. The summed E-state index contributed by atoms with van der Waals surface area (Å²) in [6.45, 7) is 4.62. The summed E-state index contributed by atoms with van der Waals surface area (Å²) in [5.74, 6) is -0.0422. The molecule has 0 saturated heterocycles. The maximum atomic E-state index is 11.1. The van der Waals surface area contributed by atoms with Gasteiger partial charge in [0.15, 0.2) is 0 Å². The predicted molar refractivity (Wildman–Crippen MR) is 91.5 cm³/mol. The van der Waals surface area contributed by atoms with Gasteiger partial charge in [-0.2, -0.15) is 0 Å². The van der Waals surface area contributed by atoms with Crippen LogP contribution >= 0.6 is 0 Å². The lowest BCUT2D eigenvalue weighted by molar-refractivity contribution is -0.143. The third-order valence-electron chi connectivity index (χ3n) is 3.70. The Labute approximate surface area is 132 Å². The predicted octanol–water partition coefficient (Wildman–Crippen LogP) is 6.20. The van der Waals surface area contributed by atoms with Crippen molar-refractivity contribution in [3.8, 4) is 0 Å². The largest absolute Gasteiger partial charge is 0.466 e. The average molecular weight is 296 g/mol. The second-order valence-corrected chi connectivity index (χ2v) is 5.79. The van der Waals surface area contributed by atoms with Crippen molar-refractivity contribution in [1.82, 2.24) is 0 Å². The van der Waals surface area contributed by atoms with Crippen molar-refractivity contribution >= 4 is 5.97 Å². The highest BCUT2D eigenvalue weighted by Gasteiger charge is 2.00. The van der Waals surface area contributed by atoms with Crippen molar-refractivity contribution in [2.24, 2.45) is 0 Å². The highest BCUT2D eigenvalue weighted by molar-refractivity contribution is 5.69. The van der Waals surface area contributed by atoms with Gasteiger partial charge in [-0.3, -0.25) is 4.79 Å². The first-order chi connectivity index (χ1) is 10.3. The number of carbonyl (C=O) groups is 1. The number of esters is 1. The van der Waals surface area contributed by atoms with Crippen LogP contribution in [0.4, 0.5) is 0 Å². The third kappa shape index (κ3) is 17.2. The molecule has 0 aliphatic carbocycles. The van der Waals surface area contributed by atoms with Gasteiger partial charge >= 0.3 is 5.97 Å². The van der Waals surface area contributed by atoms with E-state index in [1.54, 1.807) is 0 Å². The fourth-order valence-electron chi connectivity index (χ4n) is 2.40. The molecule has 0 aromatic heterocycles. The molecule has 124 valence electrons. The van der Waals surface area contributed by atoms with Gasteiger partial charge in [0.05, 0.1) is 6.61 Å². The van der Waals surface area contributed by atoms with Crippen LogP contribution in [0.15, 0.2) is 12.2 Å². The molecule has 21 heavy (non-hydrogen) atoms. The number of hydrogen-bond acceptors (Lipinski definition) is 2. The topological polar surface area (TPSA) is 26.3 Å². The van der Waals surface area contributed by atoms with Gasteiger partial charge in [0.1, 0.15) is 0 Å². The molecule has 0 unspecified atom stereocenters. The highest BCUT2D eigenvalue weighted by Crippen LogP contribution is 2.09. The molecular weight excluding hydrogens is 260 g/mol. The summed E-state index contributed by atoms with van der Waals surface area (Å²) in [6.07, 6.45) is 20.5. The van der Waals surface area contributed by atoms with Crippen LogP contribution in [-0.4, -0.2) is 12.6 Å². The van der Waals surface area contributed by atoms with Crippen LogP contribution in [-0.2, 0) is 9.53 Å². The van der Waals surface area contributed by atoms with Crippen LogP contribution in [0, 0.1) is 0 Å². The summed E-state index contributed by atoms with van der Waals surface area (Å²) in [4.78, 5) is 11.1. The van der Waals surface area contributed by atoms with E-state index in [1.807, 2.05) is 6.92 Å². The molecule has 0 aliphatic rings. The molecule has 0 heterocycles. The fraction of sp³-hybridized carbons (Fsp3) is 0.842. The Hall–Kier alpha value is -0.790. The second kappa shape index (κ2) is 17.3. The summed E-state index contributed by atoms with van der Waals surface area (Å²) in [5.41, 5.74) is 0. The first kappa shape index (κ1) is 20.2. The van der Waals surface area contributed by atoms with Crippen LogP contribution < -0.4 is 0 Å². The van der Waals surface area contributed by atoms with Crippen molar-refractivity contribution in [3.05, 3.63) is 12.2 Å². The van der Waals surface area contributed by atoms with E-state index < -0.39 is 0 Å². The third-order valence-corrected chi connectivity index (χ3v) is 3.70. The molecule has 0 aliphatic heterocycles. The van der Waals surface area contributed by atoms with Gasteiger partial charge in [-0.05, 0) is 39.0 Å². The molecule has 2 heteroatoms. The van der Waals surface area contributed by atoms with E-state index in [-0.39, 0.29) is 5.97 Å². The molecule has 0 atom stereocenters. The van der Waals surface area contributed by atoms with Gasteiger partial charge in [0.25, 0.3) is 0 Å². The zero-order chi connectivity index (χ0) is 15.6. The van der Waals surface area contributed by atoms with E-state index in [0.29, 0.717) is 13.0 Å². The molecule has 0 fully saturated rings. The number of ether oxygens (including phenoxy) is 1. The monoisotopic (exact) mass is 296 g/mol. The summed E-state index contributed by atoms with van der Waals surface area (Å²) >= 11 is 0. The van der Waals surface area contributed by atoms with Crippen LogP contribution in [0.25, 0.3) is 0 Å². The van der Waals surface area contributed by atoms with Gasteiger partial charge in [-0.1, -0.05) is 64.0 Å². The van der Waals surface area contributed by atoms with Crippen LogP contribution in [0.2, 0.25) is 0 Å². The van der Waals surface area contributed by atoms with Gasteiger partial charge in [-0.15, -0.1) is 0 Å². The SMILES string of the molecule is CCCCCCC/C=C\CCCCCCCC(=O)OCC. The van der Waals surface area contributed by atoms with E-state index in [9.17, 15) is 4.79 Å². The lowest BCUT2D eigenvalue weighted by atomic mass is 10.1. The quantitative estimate of drug-likeness (QED) is 0.204. The molecule has 2 nitrogen and oxygen atoms in total. The van der Waals surface area contributed by atoms with Gasteiger partial charge in [0, 0.05) is 6.42 Å². The molecule has 0 aromatic rings. The number of carbonyl (C=O) groups excluding carboxylic acids is 1. The van der Waals surface area contributed by atoms with Crippen molar-refractivity contribution in [3.63, 3.8) is 0 Å². The van der Waals surface area contributed by atoms with E-state index in [2.05, 4.69) is 19.1 Å². The lowest BCUT2D eigenvalue weighted by Crippen LogP contribution is -2.03. The summed E-state index contributed by atoms with van der Waals surface area (Å²) < 4.78 is 4.91. The Balaban J connectivity index is 3.12. The Morgan fingerprint density at radius 3 is 1.86 bits per heavy atom. The van der Waals surface area contributed by atoms with Crippen molar-refractivity contribution < 1.29 is 9.53 Å². The molecule has 0 N–H and O–H groups in total. The minimum Gasteiger partial charge on any atom is -0.466 e. The number of unbranched alkanes of at least 4 members (excludes halogenated alkanes) is 10. The van der Waals surface area contributed by atoms with Crippen LogP contribution in [0.1, 0.15) is 97.3 Å². The van der Waals surface area contributed by atoms with Gasteiger partial charge < -0.3 is 4.74 Å². The molecular formula is C19H36O2. The first-order valence-electron chi connectivity index (χ1n) is 9.11. The second-order valence-electron chi connectivity index (χ2n) is 5.79. The normalized spacial score (nSPS) is 11.1. The standard InChI is InChI=1S/C19H36O2/c1-3-5-6-7-8-9-10-11-12-13-14-15-16-17-18-19(20)21-4-2/h10-11H,3-9,12-18H2,1-2H3/b11-10-. The molecule has 0 rings (SSSR count). The van der Waals surface area contributed by atoms with Crippen LogP contribution in [0.3, 0.4) is 0 Å². The van der Waals surface area contributed by atoms with Crippen molar-refractivity contribution in [2.75, 3.05) is 6.61 Å². The minimum absolute atomic E-state index is 0.0422. The maximum Gasteiger partial charge on any atom is 0.305 e. The molecule has 0 aromatic carbocycles. The summed E-state index contributed by atoms with van der Waals surface area (Å²) in [7, 11) is 0. The van der Waals surface area contributed by atoms with Crippen molar-refractivity contribution in [1.29, 1.82) is 0 Å². The molecule has 0 spiro atoms. The van der Waals surface area contributed by atoms with E-state index in [4.69, 9.17) is 4.74 Å². The summed E-state index contributed by atoms with van der Waals surface area (Å²) in [6, 6.07) is 0. The smallest absolute Gasteiger partial charge is 0.305 e. The highest BCUT2D eigenvalue weighted by atomic mass is 16.5. The minimum atomic E-state index is -0.0422. The zero-order valence-electron chi connectivity index (χ0n) is 14.4. The van der Waals surface area contributed by atoms with Gasteiger partial charge in [0.2, 0.25) is 0 Å². The van der Waals surface area contributed by atoms with E-state index >= 15 is 0 Å². The average Bonchev–Trinajstić information content (AvgIpc) is 2.48. The van der Waals surface area contributed by atoms with E-state index in [1.165, 1.54) is 64.2 Å². The first-order valence-corrected chi connectivity index (χ1v) is 9.11. The zero-order valence-corrected chi connectivity index (χ0v) is 14.4. The fourth-order valence-corrected chi connectivity index (χ4v) is 2.40. The number of rotatable bonds is 15. The van der Waals surface area contributed by atoms with Crippen molar-refractivity contribution in [2.45, 2.75) is 97.3 Å². The van der Waals surface area contributed by atoms with Crippen LogP contribution in [0.5, 0.6) is 0 Å². The maximum absolute atomic E-state index is 11.1. The molecule has 0 amide bonds. The number of hydrogen-bond donors (Lipinski definition) is 0. The molecule has 0 bridgehead atoms. The van der Waals surface area contributed by atoms with E-state index in [0.717, 1.165) is 12.8 Å². The Bertz CT molecular complexity index is 246. The summed E-state index contributed by atoms with van der Waals surface area (Å²) in [5, 5.41) is 0. The lowest BCUT2D eigenvalue weighted by Gasteiger charge is -2.01. The Morgan fingerprint density at radius 1 is 0.762 bits per heavy atom. The Kier molecular flexibility index (Phi) is 16.6. The molecule has 0 saturated carbocycles.